The second-order valence-corrected chi connectivity index (χ2v) is 11.8. The summed E-state index contributed by atoms with van der Waals surface area (Å²) in [4.78, 5) is 45.0. The topological polar surface area (TPSA) is 69.7 Å². The van der Waals surface area contributed by atoms with Gasteiger partial charge in [-0.3, -0.25) is 19.3 Å². The highest BCUT2D eigenvalue weighted by Crippen LogP contribution is 2.37. The summed E-state index contributed by atoms with van der Waals surface area (Å²) >= 11 is 3.49. The van der Waals surface area contributed by atoms with Crippen molar-refractivity contribution in [2.24, 2.45) is 0 Å². The van der Waals surface area contributed by atoms with Crippen molar-refractivity contribution in [3.63, 3.8) is 0 Å². The molecular weight excluding hydrogens is 578 g/mol. The minimum absolute atomic E-state index is 0.123. The van der Waals surface area contributed by atoms with Gasteiger partial charge in [-0.25, -0.2) is 0 Å². The zero-order valence-electron chi connectivity index (χ0n) is 22.8. The number of anilines is 1. The van der Waals surface area contributed by atoms with E-state index in [9.17, 15) is 14.4 Å². The Morgan fingerprint density at radius 2 is 1.59 bits per heavy atom. The van der Waals surface area contributed by atoms with Gasteiger partial charge in [0.2, 0.25) is 11.8 Å². The first-order valence-electron chi connectivity index (χ1n) is 14.2. The molecule has 1 fully saturated rings. The molecule has 0 bridgehead atoms. The Hall–Kier alpha value is -3.97. The first-order chi connectivity index (χ1) is 20.0. The quantitative estimate of drug-likeness (QED) is 0.243. The maximum atomic E-state index is 14.3. The molecule has 1 heterocycles. The van der Waals surface area contributed by atoms with E-state index in [1.165, 1.54) is 0 Å². The molecule has 6 rings (SSSR count). The molecule has 4 aromatic rings. The minimum Gasteiger partial charge on any atom is -0.352 e. The normalized spacial score (nSPS) is 15.3. The van der Waals surface area contributed by atoms with Crippen molar-refractivity contribution in [1.82, 2.24) is 10.2 Å². The molecule has 0 saturated heterocycles. The Morgan fingerprint density at radius 1 is 0.878 bits per heavy atom. The predicted molar refractivity (Wildman–Crippen MR) is 165 cm³/mol. The lowest BCUT2D eigenvalue weighted by Gasteiger charge is -2.33. The summed E-state index contributed by atoms with van der Waals surface area (Å²) < 4.78 is 0.937. The van der Waals surface area contributed by atoms with Crippen LogP contribution in [0.2, 0.25) is 0 Å². The maximum Gasteiger partial charge on any atom is 0.259 e. The molecule has 6 nitrogen and oxygen atoms in total. The number of hydrogen-bond acceptors (Lipinski definition) is 3. The highest BCUT2D eigenvalue weighted by atomic mass is 79.9. The zero-order chi connectivity index (χ0) is 28.3. The van der Waals surface area contributed by atoms with Crippen LogP contribution in [0.4, 0.5) is 5.69 Å². The molecular formula is C34H32BrN3O3. The third-order valence-electron chi connectivity index (χ3n) is 8.18. The van der Waals surface area contributed by atoms with Crippen molar-refractivity contribution in [2.45, 2.75) is 50.7 Å². The minimum atomic E-state index is -0.731. The van der Waals surface area contributed by atoms with Gasteiger partial charge in [0.25, 0.3) is 5.91 Å². The smallest absolute Gasteiger partial charge is 0.259 e. The summed E-state index contributed by atoms with van der Waals surface area (Å²) in [5, 5.41) is 5.07. The average molecular weight is 611 g/mol. The van der Waals surface area contributed by atoms with Gasteiger partial charge in [-0.1, -0.05) is 95.5 Å². The molecule has 1 N–H and O–H groups in total. The number of amides is 3. The third-order valence-corrected chi connectivity index (χ3v) is 8.71. The molecule has 41 heavy (non-hydrogen) atoms. The van der Waals surface area contributed by atoms with E-state index in [4.69, 9.17) is 0 Å². The summed E-state index contributed by atoms with van der Waals surface area (Å²) in [5.41, 5.74) is 3.22. The van der Waals surface area contributed by atoms with E-state index in [0.29, 0.717) is 12.0 Å². The molecule has 1 aliphatic heterocycles. The fraction of sp³-hybridized carbons (Fsp3) is 0.265. The van der Waals surface area contributed by atoms with E-state index in [1.54, 1.807) is 9.80 Å². The standard InChI is InChI=1S/C34H32BrN3O3/c35-26-18-16-24(17-19-26)21-37(30(20-23-8-2-1-3-9-23)33(40)36-27-12-4-5-13-27)31(39)22-38-29-15-7-11-25-10-6-14-28(32(25)29)34(38)41/h1-3,6-11,14-19,27,30H,4-5,12-13,20-22H2,(H,36,40)/t30-/m0/s1. The van der Waals surface area contributed by atoms with E-state index in [-0.39, 0.29) is 36.9 Å². The Bertz CT molecular complexity index is 1580. The summed E-state index contributed by atoms with van der Waals surface area (Å²) in [6.07, 6.45) is 4.48. The van der Waals surface area contributed by atoms with E-state index < -0.39 is 6.04 Å². The number of halogens is 1. The van der Waals surface area contributed by atoms with Crippen LogP contribution in [0, 0.1) is 0 Å². The van der Waals surface area contributed by atoms with Crippen molar-refractivity contribution in [1.29, 1.82) is 0 Å². The van der Waals surface area contributed by atoms with Crippen LogP contribution in [0.5, 0.6) is 0 Å². The van der Waals surface area contributed by atoms with Gasteiger partial charge in [-0.15, -0.1) is 0 Å². The highest BCUT2D eigenvalue weighted by molar-refractivity contribution is 9.10. The summed E-state index contributed by atoms with van der Waals surface area (Å²) in [6, 6.07) is 28.4. The Morgan fingerprint density at radius 3 is 2.32 bits per heavy atom. The Kier molecular flexibility index (Phi) is 7.88. The Balaban J connectivity index is 1.34. The van der Waals surface area contributed by atoms with Crippen LogP contribution in [-0.4, -0.2) is 41.2 Å². The summed E-state index contributed by atoms with van der Waals surface area (Å²) in [7, 11) is 0. The second-order valence-electron chi connectivity index (χ2n) is 10.9. The number of hydrogen-bond donors (Lipinski definition) is 1. The number of nitrogens with one attached hydrogen (secondary N) is 1. The molecule has 1 saturated carbocycles. The largest absolute Gasteiger partial charge is 0.352 e. The van der Waals surface area contributed by atoms with Crippen LogP contribution in [-0.2, 0) is 22.6 Å². The molecule has 0 spiro atoms. The monoisotopic (exact) mass is 609 g/mol. The predicted octanol–water partition coefficient (Wildman–Crippen LogP) is 6.26. The van der Waals surface area contributed by atoms with Crippen LogP contribution in [0.3, 0.4) is 0 Å². The molecule has 1 aliphatic carbocycles. The van der Waals surface area contributed by atoms with Crippen LogP contribution in [0.15, 0.2) is 95.5 Å². The van der Waals surface area contributed by atoms with Crippen LogP contribution in [0.25, 0.3) is 10.8 Å². The third kappa shape index (κ3) is 5.77. The number of carbonyl (C=O) groups is 3. The molecule has 1 atom stereocenters. The molecule has 0 unspecified atom stereocenters. The van der Waals surface area contributed by atoms with Crippen molar-refractivity contribution in [3.05, 3.63) is 112 Å². The Labute approximate surface area is 248 Å². The molecule has 0 aromatic heterocycles. The highest BCUT2D eigenvalue weighted by Gasteiger charge is 2.36. The summed E-state index contributed by atoms with van der Waals surface area (Å²) in [6.45, 7) is 0.103. The lowest BCUT2D eigenvalue weighted by molar-refractivity contribution is -0.140. The molecule has 3 amide bonds. The lowest BCUT2D eigenvalue weighted by Crippen LogP contribution is -2.54. The fourth-order valence-corrected chi connectivity index (χ4v) is 6.33. The van der Waals surface area contributed by atoms with E-state index >= 15 is 0 Å². The van der Waals surface area contributed by atoms with Crippen molar-refractivity contribution in [3.8, 4) is 0 Å². The van der Waals surface area contributed by atoms with E-state index in [0.717, 1.165) is 57.7 Å². The molecule has 4 aromatic carbocycles. The van der Waals surface area contributed by atoms with Crippen LogP contribution in [0.1, 0.15) is 47.2 Å². The molecule has 208 valence electrons. The van der Waals surface area contributed by atoms with E-state index in [1.807, 2.05) is 91.0 Å². The van der Waals surface area contributed by atoms with Gasteiger partial charge >= 0.3 is 0 Å². The fourth-order valence-electron chi connectivity index (χ4n) is 6.07. The molecule has 0 radical (unpaired) electrons. The van der Waals surface area contributed by atoms with Gasteiger partial charge in [0.1, 0.15) is 12.6 Å². The van der Waals surface area contributed by atoms with Crippen molar-refractivity contribution in [2.75, 3.05) is 11.4 Å². The summed E-state index contributed by atoms with van der Waals surface area (Å²) in [5.74, 6) is -0.610. The van der Waals surface area contributed by atoms with Crippen molar-refractivity contribution < 1.29 is 14.4 Å². The zero-order valence-corrected chi connectivity index (χ0v) is 24.3. The molecule has 7 heteroatoms. The number of nitrogens with zero attached hydrogens (tertiary/aromatic N) is 2. The lowest BCUT2D eigenvalue weighted by atomic mass is 10.0. The van der Waals surface area contributed by atoms with Crippen LogP contribution >= 0.6 is 15.9 Å². The SMILES string of the molecule is O=C(NC1CCCC1)[C@H](Cc1ccccc1)N(Cc1ccc(Br)cc1)C(=O)CN1C(=O)c2cccc3cccc1c23. The van der Waals surface area contributed by atoms with Gasteiger partial charge < -0.3 is 10.2 Å². The van der Waals surface area contributed by atoms with Gasteiger partial charge in [-0.05, 0) is 53.6 Å². The van der Waals surface area contributed by atoms with Gasteiger partial charge in [-0.2, -0.15) is 0 Å². The van der Waals surface area contributed by atoms with Gasteiger partial charge in [0.15, 0.2) is 0 Å². The molecule has 2 aliphatic rings. The number of rotatable bonds is 9. The van der Waals surface area contributed by atoms with Gasteiger partial charge in [0, 0.05) is 34.4 Å². The number of carbonyl (C=O) groups excluding carboxylic acids is 3. The van der Waals surface area contributed by atoms with E-state index in [2.05, 4.69) is 21.2 Å². The van der Waals surface area contributed by atoms with Gasteiger partial charge in [0.05, 0.1) is 5.69 Å². The number of benzene rings is 4. The average Bonchev–Trinajstić information content (AvgIpc) is 3.60. The van der Waals surface area contributed by atoms with Crippen LogP contribution < -0.4 is 10.2 Å². The van der Waals surface area contributed by atoms with Crippen molar-refractivity contribution >= 4 is 50.1 Å². The second kappa shape index (κ2) is 11.9. The first-order valence-corrected chi connectivity index (χ1v) is 15.0. The maximum absolute atomic E-state index is 14.3. The first kappa shape index (κ1) is 27.2.